The molecule has 27 heavy (non-hydrogen) atoms. The number of carbonyl (C=O) groups excluding carboxylic acids is 2. The fraction of sp³-hybridized carbons (Fsp3) is 0.0909. The van der Waals surface area contributed by atoms with E-state index in [1.54, 1.807) is 12.1 Å². The van der Waals surface area contributed by atoms with Gasteiger partial charge in [0.25, 0.3) is 0 Å². The second-order valence-corrected chi connectivity index (χ2v) is 5.73. The van der Waals surface area contributed by atoms with E-state index >= 15 is 0 Å². The lowest BCUT2D eigenvalue weighted by Gasteiger charge is -2.16. The predicted molar refractivity (Wildman–Crippen MR) is 101 cm³/mol. The molecule has 3 aromatic carbocycles. The molecule has 0 saturated carbocycles. The summed E-state index contributed by atoms with van der Waals surface area (Å²) in [6.07, 6.45) is 0. The van der Waals surface area contributed by atoms with Gasteiger partial charge in [0, 0.05) is 19.4 Å². The van der Waals surface area contributed by atoms with Crippen molar-refractivity contribution in [2.75, 3.05) is 0 Å². The third-order valence-corrected chi connectivity index (χ3v) is 3.63. The second-order valence-electron chi connectivity index (χ2n) is 5.73. The molecule has 0 fully saturated rings. The van der Waals surface area contributed by atoms with Crippen LogP contribution < -0.4 is 14.2 Å². The Morgan fingerprint density at radius 2 is 1.22 bits per heavy atom. The van der Waals surface area contributed by atoms with Gasteiger partial charge >= 0.3 is 11.9 Å². The monoisotopic (exact) mass is 362 g/mol. The molecule has 0 atom stereocenters. The number of para-hydroxylation sites is 2. The third-order valence-electron chi connectivity index (χ3n) is 3.63. The van der Waals surface area contributed by atoms with Gasteiger partial charge in [0.05, 0.1) is 0 Å². The van der Waals surface area contributed by atoms with Gasteiger partial charge in [0.15, 0.2) is 11.5 Å². The second kappa shape index (κ2) is 8.19. The quantitative estimate of drug-likeness (QED) is 0.472. The summed E-state index contributed by atoms with van der Waals surface area (Å²) in [6.45, 7) is 2.54. The molecular formula is C22H18O5. The van der Waals surface area contributed by atoms with Crippen LogP contribution in [0.25, 0.3) is 11.1 Å². The zero-order chi connectivity index (χ0) is 19.2. The Hall–Kier alpha value is -3.60. The first kappa shape index (κ1) is 18.2. The number of benzene rings is 3. The van der Waals surface area contributed by atoms with Crippen LogP contribution in [0.3, 0.4) is 0 Å². The smallest absolute Gasteiger partial charge is 0.308 e. The Morgan fingerprint density at radius 1 is 0.630 bits per heavy atom. The SMILES string of the molecule is CC(=O)Oc1cccc(Oc2ccccc2-c2ccccc2)c1OC(C)=O. The van der Waals surface area contributed by atoms with Crippen molar-refractivity contribution in [3.8, 4) is 34.1 Å². The number of hydrogen-bond acceptors (Lipinski definition) is 5. The summed E-state index contributed by atoms with van der Waals surface area (Å²) >= 11 is 0. The van der Waals surface area contributed by atoms with Crippen LogP contribution >= 0.6 is 0 Å². The molecule has 0 radical (unpaired) electrons. The van der Waals surface area contributed by atoms with Crippen molar-refractivity contribution in [2.24, 2.45) is 0 Å². The highest BCUT2D eigenvalue weighted by Crippen LogP contribution is 2.42. The molecule has 5 nitrogen and oxygen atoms in total. The summed E-state index contributed by atoms with van der Waals surface area (Å²) in [7, 11) is 0. The molecule has 0 N–H and O–H groups in total. The summed E-state index contributed by atoms with van der Waals surface area (Å²) in [5.41, 5.74) is 1.86. The number of rotatable bonds is 5. The van der Waals surface area contributed by atoms with Gasteiger partial charge in [0.1, 0.15) is 5.75 Å². The minimum absolute atomic E-state index is 0.0584. The van der Waals surface area contributed by atoms with Gasteiger partial charge in [-0.2, -0.15) is 0 Å². The van der Waals surface area contributed by atoms with Crippen LogP contribution in [0.15, 0.2) is 72.8 Å². The van der Waals surface area contributed by atoms with E-state index in [2.05, 4.69) is 0 Å². The molecule has 3 rings (SSSR count). The Labute approximate surface area is 157 Å². The molecule has 0 aliphatic carbocycles. The van der Waals surface area contributed by atoms with E-state index in [1.165, 1.54) is 19.9 Å². The van der Waals surface area contributed by atoms with E-state index in [-0.39, 0.29) is 17.2 Å². The van der Waals surface area contributed by atoms with E-state index in [0.717, 1.165) is 11.1 Å². The fourth-order valence-corrected chi connectivity index (χ4v) is 2.59. The van der Waals surface area contributed by atoms with E-state index in [1.807, 2.05) is 54.6 Å². The van der Waals surface area contributed by atoms with Crippen LogP contribution in [0.1, 0.15) is 13.8 Å². The first-order valence-corrected chi connectivity index (χ1v) is 8.37. The van der Waals surface area contributed by atoms with Crippen molar-refractivity contribution in [2.45, 2.75) is 13.8 Å². The molecule has 0 spiro atoms. The van der Waals surface area contributed by atoms with Crippen LogP contribution in [0.2, 0.25) is 0 Å². The van der Waals surface area contributed by atoms with Gasteiger partial charge in [-0.1, -0.05) is 54.6 Å². The molecule has 0 aliphatic rings. The van der Waals surface area contributed by atoms with Gasteiger partial charge in [0.2, 0.25) is 5.75 Å². The topological polar surface area (TPSA) is 61.8 Å². The molecule has 0 saturated heterocycles. The van der Waals surface area contributed by atoms with Crippen molar-refractivity contribution in [3.05, 3.63) is 72.8 Å². The van der Waals surface area contributed by atoms with Gasteiger partial charge in [-0.3, -0.25) is 9.59 Å². The first-order chi connectivity index (χ1) is 13.0. The maximum absolute atomic E-state index is 11.5. The van der Waals surface area contributed by atoms with Gasteiger partial charge in [-0.15, -0.1) is 0 Å². The lowest BCUT2D eigenvalue weighted by Crippen LogP contribution is -2.08. The molecule has 0 bridgehead atoms. The van der Waals surface area contributed by atoms with Gasteiger partial charge in [-0.05, 0) is 23.8 Å². The standard InChI is InChI=1S/C22H18O5/c1-15(23)25-20-13-8-14-21(22(20)26-16(2)24)27-19-12-7-6-11-18(19)17-9-4-3-5-10-17/h3-14H,1-2H3. The van der Waals surface area contributed by atoms with Crippen molar-refractivity contribution in [1.82, 2.24) is 0 Å². The highest BCUT2D eigenvalue weighted by molar-refractivity contribution is 5.76. The van der Waals surface area contributed by atoms with E-state index in [4.69, 9.17) is 14.2 Å². The van der Waals surface area contributed by atoms with E-state index < -0.39 is 11.9 Å². The normalized spacial score (nSPS) is 10.1. The lowest BCUT2D eigenvalue weighted by atomic mass is 10.0. The summed E-state index contributed by atoms with van der Waals surface area (Å²) in [5, 5.41) is 0. The molecule has 0 amide bonds. The van der Waals surface area contributed by atoms with E-state index in [9.17, 15) is 9.59 Å². The molecule has 0 heterocycles. The molecule has 0 unspecified atom stereocenters. The summed E-state index contributed by atoms with van der Waals surface area (Å²) in [6, 6.07) is 22.1. The van der Waals surface area contributed by atoms with Crippen LogP contribution in [-0.2, 0) is 9.59 Å². The lowest BCUT2D eigenvalue weighted by molar-refractivity contribution is -0.134. The number of hydrogen-bond donors (Lipinski definition) is 0. The van der Waals surface area contributed by atoms with E-state index in [0.29, 0.717) is 5.75 Å². The zero-order valence-electron chi connectivity index (χ0n) is 15.0. The van der Waals surface area contributed by atoms with Crippen LogP contribution in [0.4, 0.5) is 0 Å². The van der Waals surface area contributed by atoms with Crippen LogP contribution in [0, 0.1) is 0 Å². The Bertz CT molecular complexity index is 963. The Kier molecular flexibility index (Phi) is 5.52. The fourth-order valence-electron chi connectivity index (χ4n) is 2.59. The maximum atomic E-state index is 11.5. The largest absolute Gasteiger partial charge is 0.453 e. The summed E-state index contributed by atoms with van der Waals surface area (Å²) in [4.78, 5) is 22.9. The van der Waals surface area contributed by atoms with Crippen molar-refractivity contribution >= 4 is 11.9 Å². The van der Waals surface area contributed by atoms with Crippen molar-refractivity contribution in [3.63, 3.8) is 0 Å². The molecular weight excluding hydrogens is 344 g/mol. The predicted octanol–water partition coefficient (Wildman–Crippen LogP) is 5.00. The Balaban J connectivity index is 2.04. The minimum Gasteiger partial charge on any atom is -0.453 e. The van der Waals surface area contributed by atoms with Crippen LogP contribution in [0.5, 0.6) is 23.0 Å². The minimum atomic E-state index is -0.546. The molecule has 0 aliphatic heterocycles. The number of esters is 2. The summed E-state index contributed by atoms with van der Waals surface area (Å²) < 4.78 is 16.4. The third kappa shape index (κ3) is 4.52. The Morgan fingerprint density at radius 3 is 1.93 bits per heavy atom. The van der Waals surface area contributed by atoms with Gasteiger partial charge in [-0.25, -0.2) is 0 Å². The molecule has 3 aromatic rings. The van der Waals surface area contributed by atoms with Crippen molar-refractivity contribution in [1.29, 1.82) is 0 Å². The van der Waals surface area contributed by atoms with Crippen LogP contribution in [-0.4, -0.2) is 11.9 Å². The highest BCUT2D eigenvalue weighted by Gasteiger charge is 2.18. The number of ether oxygens (including phenoxy) is 3. The average Bonchev–Trinajstić information content (AvgIpc) is 2.65. The molecule has 5 heteroatoms. The molecule has 136 valence electrons. The highest BCUT2D eigenvalue weighted by atomic mass is 16.6. The number of carbonyl (C=O) groups is 2. The molecule has 0 aromatic heterocycles. The van der Waals surface area contributed by atoms with Crippen molar-refractivity contribution < 1.29 is 23.8 Å². The summed E-state index contributed by atoms with van der Waals surface area (Å²) in [5.74, 6) is -0.0408. The van der Waals surface area contributed by atoms with Gasteiger partial charge < -0.3 is 14.2 Å². The first-order valence-electron chi connectivity index (χ1n) is 8.37. The average molecular weight is 362 g/mol. The zero-order valence-corrected chi connectivity index (χ0v) is 15.0. The maximum Gasteiger partial charge on any atom is 0.308 e.